The summed E-state index contributed by atoms with van der Waals surface area (Å²) in [4.78, 5) is 10.2. The first kappa shape index (κ1) is 17.3. The first-order valence-corrected chi connectivity index (χ1v) is 9.06. The lowest BCUT2D eigenvalue weighted by Crippen LogP contribution is -2.39. The van der Waals surface area contributed by atoms with E-state index >= 15 is 0 Å². The number of sulfonamides is 1. The van der Waals surface area contributed by atoms with Crippen LogP contribution in [0.2, 0.25) is 0 Å². The van der Waals surface area contributed by atoms with Gasteiger partial charge in [-0.3, -0.25) is 14.8 Å². The topological polar surface area (TPSA) is 101 Å². The zero-order valence-corrected chi connectivity index (χ0v) is 13.8. The Morgan fingerprint density at radius 1 is 1.22 bits per heavy atom. The quantitative estimate of drug-likeness (QED) is 0.611. The van der Waals surface area contributed by atoms with Gasteiger partial charge < -0.3 is 5.32 Å². The minimum Gasteiger partial charge on any atom is -0.363 e. The van der Waals surface area contributed by atoms with Crippen molar-refractivity contribution in [2.24, 2.45) is 0 Å². The zero-order chi connectivity index (χ0) is 16.9. The summed E-state index contributed by atoms with van der Waals surface area (Å²) < 4.78 is 27.0. The molecule has 0 amide bonds. The molecule has 0 saturated heterocycles. The van der Waals surface area contributed by atoms with E-state index in [-0.39, 0.29) is 16.8 Å². The molecule has 0 bridgehead atoms. The van der Waals surface area contributed by atoms with E-state index in [1.165, 1.54) is 12.1 Å². The first-order valence-electron chi connectivity index (χ1n) is 7.58. The molecule has 0 aliphatic heterocycles. The maximum absolute atomic E-state index is 12.4. The van der Waals surface area contributed by atoms with Crippen molar-refractivity contribution < 1.29 is 13.3 Å². The maximum Gasteiger partial charge on any atom is 0.275 e. The number of nitro groups is 1. The standard InChI is InChI=1S/C15H21N3O4S/c1-12-7-9-14(10-8-12)23(21,22)17-15(11-18(19)20)16-13-5-3-2-4-6-13/h7-11,13,16-17H,2-6H2,1H3/b15-11+. The maximum atomic E-state index is 12.4. The van der Waals surface area contributed by atoms with Crippen LogP contribution in [0.4, 0.5) is 0 Å². The van der Waals surface area contributed by atoms with Crippen LogP contribution in [0.1, 0.15) is 37.7 Å². The Bertz CT molecular complexity index is 677. The van der Waals surface area contributed by atoms with E-state index in [4.69, 9.17) is 0 Å². The molecule has 0 aromatic heterocycles. The molecule has 0 radical (unpaired) electrons. The van der Waals surface area contributed by atoms with Crippen molar-refractivity contribution in [1.29, 1.82) is 0 Å². The Morgan fingerprint density at radius 3 is 2.39 bits per heavy atom. The molecular weight excluding hydrogens is 318 g/mol. The van der Waals surface area contributed by atoms with Gasteiger partial charge in [-0.2, -0.15) is 0 Å². The van der Waals surface area contributed by atoms with Crippen LogP contribution in [0, 0.1) is 17.0 Å². The van der Waals surface area contributed by atoms with E-state index in [9.17, 15) is 18.5 Å². The lowest BCUT2D eigenvalue weighted by atomic mass is 9.96. The summed E-state index contributed by atoms with van der Waals surface area (Å²) in [5, 5.41) is 13.7. The van der Waals surface area contributed by atoms with E-state index in [2.05, 4.69) is 10.0 Å². The summed E-state index contributed by atoms with van der Waals surface area (Å²) in [6, 6.07) is 6.36. The summed E-state index contributed by atoms with van der Waals surface area (Å²) in [7, 11) is -3.86. The molecule has 126 valence electrons. The van der Waals surface area contributed by atoms with Crippen molar-refractivity contribution in [2.45, 2.75) is 50.0 Å². The monoisotopic (exact) mass is 339 g/mol. The van der Waals surface area contributed by atoms with Crippen molar-refractivity contribution in [3.8, 4) is 0 Å². The predicted molar refractivity (Wildman–Crippen MR) is 86.6 cm³/mol. The summed E-state index contributed by atoms with van der Waals surface area (Å²) in [6.07, 6.45) is 5.63. The van der Waals surface area contributed by atoms with E-state index in [1.54, 1.807) is 12.1 Å². The van der Waals surface area contributed by atoms with E-state index < -0.39 is 14.9 Å². The Hall–Kier alpha value is -2.09. The van der Waals surface area contributed by atoms with Gasteiger partial charge in [0.1, 0.15) is 0 Å². The number of aryl methyl sites for hydroxylation is 1. The van der Waals surface area contributed by atoms with E-state index in [1.807, 2.05) is 6.92 Å². The molecule has 8 heteroatoms. The highest BCUT2D eigenvalue weighted by molar-refractivity contribution is 7.89. The number of rotatable bonds is 6. The molecule has 1 aliphatic carbocycles. The molecule has 7 nitrogen and oxygen atoms in total. The highest BCUT2D eigenvalue weighted by Crippen LogP contribution is 2.18. The van der Waals surface area contributed by atoms with Crippen molar-refractivity contribution in [3.05, 3.63) is 52.0 Å². The fourth-order valence-electron chi connectivity index (χ4n) is 2.59. The molecule has 0 unspecified atom stereocenters. The molecule has 0 heterocycles. The van der Waals surface area contributed by atoms with Crippen LogP contribution in [0.3, 0.4) is 0 Å². The highest BCUT2D eigenvalue weighted by atomic mass is 32.2. The van der Waals surface area contributed by atoms with Gasteiger partial charge in [0.2, 0.25) is 0 Å². The minimum absolute atomic E-state index is 0.0515. The predicted octanol–water partition coefficient (Wildman–Crippen LogP) is 2.27. The molecule has 1 saturated carbocycles. The van der Waals surface area contributed by atoms with Gasteiger partial charge in [0.05, 0.1) is 9.82 Å². The lowest BCUT2D eigenvalue weighted by Gasteiger charge is -2.24. The van der Waals surface area contributed by atoms with E-state index in [0.29, 0.717) is 6.20 Å². The number of hydrogen-bond donors (Lipinski definition) is 2. The molecule has 1 aromatic carbocycles. The van der Waals surface area contributed by atoms with Gasteiger partial charge in [-0.25, -0.2) is 8.42 Å². The first-order chi connectivity index (χ1) is 10.9. The van der Waals surface area contributed by atoms with Gasteiger partial charge >= 0.3 is 0 Å². The lowest BCUT2D eigenvalue weighted by molar-refractivity contribution is -0.404. The third kappa shape index (κ3) is 5.24. The summed E-state index contributed by atoms with van der Waals surface area (Å²) in [6.45, 7) is 1.85. The van der Waals surface area contributed by atoms with Crippen LogP contribution in [0.5, 0.6) is 0 Å². The molecular formula is C15H21N3O4S. The Morgan fingerprint density at radius 2 is 1.83 bits per heavy atom. The summed E-state index contributed by atoms with van der Waals surface area (Å²) >= 11 is 0. The number of benzene rings is 1. The zero-order valence-electron chi connectivity index (χ0n) is 13.0. The summed E-state index contributed by atoms with van der Waals surface area (Å²) in [5.74, 6) is -0.0949. The van der Waals surface area contributed by atoms with Gasteiger partial charge in [-0.05, 0) is 31.9 Å². The molecule has 1 aromatic rings. The van der Waals surface area contributed by atoms with Crippen molar-refractivity contribution in [1.82, 2.24) is 10.0 Å². The van der Waals surface area contributed by atoms with Crippen LogP contribution >= 0.6 is 0 Å². The fourth-order valence-corrected chi connectivity index (χ4v) is 3.60. The van der Waals surface area contributed by atoms with Crippen molar-refractivity contribution in [2.75, 3.05) is 0 Å². The third-order valence-electron chi connectivity index (χ3n) is 3.77. The number of hydrogen-bond acceptors (Lipinski definition) is 5. The van der Waals surface area contributed by atoms with Crippen LogP contribution in [-0.4, -0.2) is 19.4 Å². The average molecular weight is 339 g/mol. The van der Waals surface area contributed by atoms with Gasteiger partial charge in [-0.15, -0.1) is 0 Å². The molecule has 0 spiro atoms. The molecule has 0 atom stereocenters. The molecule has 2 N–H and O–H groups in total. The van der Waals surface area contributed by atoms with Crippen LogP contribution in [0.15, 0.2) is 41.2 Å². The van der Waals surface area contributed by atoms with Crippen molar-refractivity contribution in [3.63, 3.8) is 0 Å². The Kier molecular flexibility index (Phi) is 5.59. The second-order valence-corrected chi connectivity index (χ2v) is 7.41. The fraction of sp³-hybridized carbons (Fsp3) is 0.467. The molecule has 23 heavy (non-hydrogen) atoms. The number of nitrogens with zero attached hydrogens (tertiary/aromatic N) is 1. The highest BCUT2D eigenvalue weighted by Gasteiger charge is 2.21. The van der Waals surface area contributed by atoms with Gasteiger partial charge in [0, 0.05) is 6.04 Å². The minimum atomic E-state index is -3.86. The van der Waals surface area contributed by atoms with Crippen molar-refractivity contribution >= 4 is 10.0 Å². The summed E-state index contributed by atoms with van der Waals surface area (Å²) in [5.41, 5.74) is 0.935. The number of nitrogens with one attached hydrogen (secondary N) is 2. The average Bonchev–Trinajstić information content (AvgIpc) is 2.47. The third-order valence-corrected chi connectivity index (χ3v) is 5.16. The van der Waals surface area contributed by atoms with Gasteiger partial charge in [0.15, 0.2) is 5.82 Å². The smallest absolute Gasteiger partial charge is 0.275 e. The Balaban J connectivity index is 2.16. The van der Waals surface area contributed by atoms with Gasteiger partial charge in [0.25, 0.3) is 16.2 Å². The van der Waals surface area contributed by atoms with E-state index in [0.717, 1.165) is 37.7 Å². The largest absolute Gasteiger partial charge is 0.363 e. The molecule has 1 aliphatic rings. The normalized spacial score (nSPS) is 16.8. The Labute approximate surface area is 136 Å². The van der Waals surface area contributed by atoms with Crippen LogP contribution < -0.4 is 10.0 Å². The second-order valence-electron chi connectivity index (χ2n) is 5.73. The SMILES string of the molecule is Cc1ccc(S(=O)(=O)N/C(=C/[N+](=O)[O-])NC2CCCCC2)cc1. The van der Waals surface area contributed by atoms with Crippen LogP contribution in [-0.2, 0) is 10.0 Å². The van der Waals surface area contributed by atoms with Crippen LogP contribution in [0.25, 0.3) is 0 Å². The molecule has 2 rings (SSSR count). The second kappa shape index (κ2) is 7.45. The molecule has 1 fully saturated rings. The van der Waals surface area contributed by atoms with Gasteiger partial charge in [-0.1, -0.05) is 37.0 Å².